The van der Waals surface area contributed by atoms with Crippen LogP contribution in [0.5, 0.6) is 0 Å². The van der Waals surface area contributed by atoms with Crippen molar-refractivity contribution in [3.05, 3.63) is 29.8 Å². The number of hydrogen-bond donors (Lipinski definition) is 1. The van der Waals surface area contributed by atoms with Gasteiger partial charge in [0.15, 0.2) is 9.84 Å². The van der Waals surface area contributed by atoms with Crippen LogP contribution in [-0.4, -0.2) is 63.0 Å². The third kappa shape index (κ3) is 4.98. The van der Waals surface area contributed by atoms with Crippen LogP contribution in [0.3, 0.4) is 0 Å². The van der Waals surface area contributed by atoms with Crippen LogP contribution in [0.1, 0.15) is 12.0 Å². The molecule has 2 rings (SSSR count). The molecule has 0 unspecified atom stereocenters. The van der Waals surface area contributed by atoms with Crippen LogP contribution in [-0.2, 0) is 16.4 Å². The Bertz CT molecular complexity index is 555. The fourth-order valence-corrected chi connectivity index (χ4v) is 4.40. The third-order valence-electron chi connectivity index (χ3n) is 3.92. The number of sulfone groups is 1. The fraction of sp³-hybridized carbons (Fsp3) is 0.600. The van der Waals surface area contributed by atoms with Crippen LogP contribution in [0.15, 0.2) is 24.3 Å². The Morgan fingerprint density at radius 3 is 2.38 bits per heavy atom. The summed E-state index contributed by atoms with van der Waals surface area (Å²) >= 11 is 0. The smallest absolute Gasteiger partial charge is 0.151 e. The lowest BCUT2D eigenvalue weighted by Gasteiger charge is -2.29. The summed E-state index contributed by atoms with van der Waals surface area (Å²) in [6.07, 6.45) is 0.741. The molecule has 0 bridgehead atoms. The van der Waals surface area contributed by atoms with Gasteiger partial charge in [-0.25, -0.2) is 8.42 Å². The van der Waals surface area contributed by atoms with Crippen molar-refractivity contribution in [3.63, 3.8) is 0 Å². The number of nitrogen functional groups attached to an aromatic ring is 1. The first kappa shape index (κ1) is 16.3. The normalized spacial score (nSPS) is 21.2. The monoisotopic (exact) mass is 311 g/mol. The summed E-state index contributed by atoms with van der Waals surface area (Å²) in [4.78, 5) is 4.41. The van der Waals surface area contributed by atoms with Gasteiger partial charge in [-0.2, -0.15) is 0 Å². The zero-order valence-electron chi connectivity index (χ0n) is 12.8. The molecular weight excluding hydrogens is 286 g/mol. The van der Waals surface area contributed by atoms with Crippen molar-refractivity contribution in [2.24, 2.45) is 0 Å². The van der Waals surface area contributed by atoms with Gasteiger partial charge in [-0.1, -0.05) is 12.1 Å². The van der Waals surface area contributed by atoms with E-state index in [9.17, 15) is 8.42 Å². The average Bonchev–Trinajstić information content (AvgIpc) is 2.77. The highest BCUT2D eigenvalue weighted by Crippen LogP contribution is 2.20. The van der Waals surface area contributed by atoms with Gasteiger partial charge in [-0.15, -0.1) is 0 Å². The zero-order chi connectivity index (χ0) is 15.5. The second-order valence-electron chi connectivity index (χ2n) is 6.07. The highest BCUT2D eigenvalue weighted by molar-refractivity contribution is 7.91. The molecule has 21 heavy (non-hydrogen) atoms. The molecule has 0 amide bonds. The maximum absolute atomic E-state index is 11.7. The first-order valence-electron chi connectivity index (χ1n) is 7.29. The number of benzene rings is 1. The second-order valence-corrected chi connectivity index (χ2v) is 8.30. The molecule has 0 aromatic heterocycles. The quantitative estimate of drug-likeness (QED) is 0.788. The Morgan fingerprint density at radius 2 is 1.86 bits per heavy atom. The third-order valence-corrected chi connectivity index (χ3v) is 5.67. The van der Waals surface area contributed by atoms with Gasteiger partial charge < -0.3 is 10.6 Å². The standard InChI is InChI=1S/C15H25N3O2S/c1-17(2)8-9-18(15-7-10-21(19,20)12-15)11-13-3-5-14(16)6-4-13/h3-6,15H,7-12,16H2,1-2H3/t15-/m1/s1. The molecule has 0 saturated carbocycles. The summed E-state index contributed by atoms with van der Waals surface area (Å²) in [7, 11) is 1.22. The first-order chi connectivity index (χ1) is 9.85. The van der Waals surface area contributed by atoms with Crippen LogP contribution < -0.4 is 5.73 Å². The van der Waals surface area contributed by atoms with E-state index in [1.165, 1.54) is 5.56 Å². The van der Waals surface area contributed by atoms with Crippen LogP contribution in [0.25, 0.3) is 0 Å². The molecule has 5 nitrogen and oxygen atoms in total. The number of nitrogens with two attached hydrogens (primary N) is 1. The van der Waals surface area contributed by atoms with Crippen LogP contribution >= 0.6 is 0 Å². The van der Waals surface area contributed by atoms with Crippen molar-refractivity contribution in [1.29, 1.82) is 0 Å². The lowest BCUT2D eigenvalue weighted by Crippen LogP contribution is -2.40. The molecule has 118 valence electrons. The Morgan fingerprint density at radius 1 is 1.19 bits per heavy atom. The number of rotatable bonds is 6. The molecule has 1 saturated heterocycles. The molecule has 1 heterocycles. The average molecular weight is 311 g/mol. The summed E-state index contributed by atoms with van der Waals surface area (Å²) in [6, 6.07) is 7.95. The molecule has 1 aliphatic heterocycles. The van der Waals surface area contributed by atoms with Gasteiger partial charge >= 0.3 is 0 Å². The van der Waals surface area contributed by atoms with Gasteiger partial charge in [-0.3, -0.25) is 4.90 Å². The Labute approximate surface area is 127 Å². The molecule has 1 aromatic carbocycles. The highest BCUT2D eigenvalue weighted by atomic mass is 32.2. The largest absolute Gasteiger partial charge is 0.399 e. The molecular formula is C15H25N3O2S. The molecule has 1 aliphatic rings. The lowest BCUT2D eigenvalue weighted by atomic mass is 10.1. The highest BCUT2D eigenvalue weighted by Gasteiger charge is 2.32. The number of nitrogens with zero attached hydrogens (tertiary/aromatic N) is 2. The van der Waals surface area contributed by atoms with Gasteiger partial charge in [0.2, 0.25) is 0 Å². The fourth-order valence-electron chi connectivity index (χ4n) is 2.64. The molecule has 0 spiro atoms. The van der Waals surface area contributed by atoms with Crippen molar-refractivity contribution in [2.45, 2.75) is 19.0 Å². The minimum absolute atomic E-state index is 0.132. The van der Waals surface area contributed by atoms with Crippen LogP contribution in [0.4, 0.5) is 5.69 Å². The van der Waals surface area contributed by atoms with Crippen molar-refractivity contribution in [3.8, 4) is 0 Å². The van der Waals surface area contributed by atoms with E-state index in [1.54, 1.807) is 0 Å². The van der Waals surface area contributed by atoms with Gasteiger partial charge in [0.25, 0.3) is 0 Å². The second kappa shape index (κ2) is 6.77. The van der Waals surface area contributed by atoms with Gasteiger partial charge in [-0.05, 0) is 38.2 Å². The first-order valence-corrected chi connectivity index (χ1v) is 9.11. The Kier molecular flexibility index (Phi) is 5.24. The van der Waals surface area contributed by atoms with E-state index >= 15 is 0 Å². The lowest BCUT2D eigenvalue weighted by molar-refractivity contribution is 0.183. The molecule has 0 aliphatic carbocycles. The van der Waals surface area contributed by atoms with E-state index in [0.717, 1.165) is 31.7 Å². The van der Waals surface area contributed by atoms with Crippen LogP contribution in [0.2, 0.25) is 0 Å². The van der Waals surface area contributed by atoms with E-state index in [1.807, 2.05) is 38.4 Å². The molecule has 1 fully saturated rings. The van der Waals surface area contributed by atoms with Gasteiger partial charge in [0.1, 0.15) is 0 Å². The van der Waals surface area contributed by atoms with E-state index < -0.39 is 9.84 Å². The molecule has 2 N–H and O–H groups in total. The number of hydrogen-bond acceptors (Lipinski definition) is 5. The summed E-state index contributed by atoms with van der Waals surface area (Å²) in [6.45, 7) is 2.57. The predicted molar refractivity (Wildman–Crippen MR) is 86.9 cm³/mol. The van der Waals surface area contributed by atoms with Crippen LogP contribution in [0, 0.1) is 0 Å². The number of anilines is 1. The minimum atomic E-state index is -2.85. The molecule has 1 atom stereocenters. The van der Waals surface area contributed by atoms with Crippen molar-refractivity contribution < 1.29 is 8.42 Å². The molecule has 0 radical (unpaired) electrons. The van der Waals surface area contributed by atoms with E-state index in [4.69, 9.17) is 5.73 Å². The van der Waals surface area contributed by atoms with Gasteiger partial charge in [0, 0.05) is 31.4 Å². The van der Waals surface area contributed by atoms with Crippen molar-refractivity contribution >= 4 is 15.5 Å². The minimum Gasteiger partial charge on any atom is -0.399 e. The SMILES string of the molecule is CN(C)CCN(Cc1ccc(N)cc1)[C@@H]1CCS(=O)(=O)C1. The van der Waals surface area contributed by atoms with Gasteiger partial charge in [0.05, 0.1) is 11.5 Å². The maximum atomic E-state index is 11.7. The predicted octanol–water partition coefficient (Wildman–Crippen LogP) is 0.819. The van der Waals surface area contributed by atoms with Crippen molar-refractivity contribution in [2.75, 3.05) is 44.4 Å². The van der Waals surface area contributed by atoms with E-state index in [-0.39, 0.29) is 11.8 Å². The molecule has 1 aromatic rings. The summed E-state index contributed by atoms with van der Waals surface area (Å²) in [5.74, 6) is 0.604. The van der Waals surface area contributed by atoms with E-state index in [0.29, 0.717) is 5.75 Å². The maximum Gasteiger partial charge on any atom is 0.151 e. The topological polar surface area (TPSA) is 66.6 Å². The van der Waals surface area contributed by atoms with E-state index in [2.05, 4.69) is 9.80 Å². The van der Waals surface area contributed by atoms with Crippen molar-refractivity contribution in [1.82, 2.24) is 9.80 Å². The summed E-state index contributed by atoms with van der Waals surface area (Å²) in [5.41, 5.74) is 7.64. The number of likely N-dealkylation sites (N-methyl/N-ethyl adjacent to an activating group) is 1. The zero-order valence-corrected chi connectivity index (χ0v) is 13.6. The summed E-state index contributed by atoms with van der Waals surface area (Å²) in [5, 5.41) is 0. The molecule has 6 heteroatoms. The summed E-state index contributed by atoms with van der Waals surface area (Å²) < 4.78 is 23.5. The Balaban J connectivity index is 2.06. The Hall–Kier alpha value is -1.11.